The van der Waals surface area contributed by atoms with Gasteiger partial charge in [0.1, 0.15) is 12.4 Å². The summed E-state index contributed by atoms with van der Waals surface area (Å²) in [5.41, 5.74) is 1.61. The molecular formula is C18H20O6. The Morgan fingerprint density at radius 2 is 1.62 bits per heavy atom. The van der Waals surface area contributed by atoms with Crippen LogP contribution in [0.3, 0.4) is 0 Å². The van der Waals surface area contributed by atoms with E-state index in [-0.39, 0.29) is 12.2 Å². The summed E-state index contributed by atoms with van der Waals surface area (Å²) in [7, 11) is 4.63. The van der Waals surface area contributed by atoms with Crippen LogP contribution in [0.15, 0.2) is 30.3 Å². The molecule has 0 unspecified atom stereocenters. The van der Waals surface area contributed by atoms with E-state index in [4.69, 9.17) is 24.1 Å². The molecule has 2 aromatic carbocycles. The topological polar surface area (TPSA) is 74.2 Å². The molecule has 0 amide bonds. The number of hydrogen-bond donors (Lipinski definition) is 1. The average Bonchev–Trinajstić information content (AvgIpc) is 2.59. The van der Waals surface area contributed by atoms with Crippen molar-refractivity contribution in [2.24, 2.45) is 0 Å². The molecule has 0 saturated heterocycles. The predicted molar refractivity (Wildman–Crippen MR) is 88.6 cm³/mol. The molecule has 2 rings (SSSR count). The second-order valence-corrected chi connectivity index (χ2v) is 5.06. The Hall–Kier alpha value is -2.89. The van der Waals surface area contributed by atoms with Crippen molar-refractivity contribution >= 4 is 5.97 Å². The van der Waals surface area contributed by atoms with E-state index in [1.165, 1.54) is 7.11 Å². The van der Waals surface area contributed by atoms with Crippen molar-refractivity contribution in [2.75, 3.05) is 21.3 Å². The van der Waals surface area contributed by atoms with Crippen molar-refractivity contribution in [2.45, 2.75) is 13.5 Å². The van der Waals surface area contributed by atoms with Crippen LogP contribution in [0.25, 0.3) is 0 Å². The van der Waals surface area contributed by atoms with Gasteiger partial charge in [-0.15, -0.1) is 0 Å². The molecule has 2 aromatic rings. The van der Waals surface area contributed by atoms with Crippen LogP contribution in [0.1, 0.15) is 21.5 Å². The second-order valence-electron chi connectivity index (χ2n) is 5.06. The summed E-state index contributed by atoms with van der Waals surface area (Å²) >= 11 is 0. The Bertz CT molecular complexity index is 713. The zero-order valence-electron chi connectivity index (χ0n) is 14.1. The Kier molecular flexibility index (Phi) is 5.52. The van der Waals surface area contributed by atoms with Crippen LogP contribution >= 0.6 is 0 Å². The number of carboxylic acids is 1. The first kappa shape index (κ1) is 17.5. The van der Waals surface area contributed by atoms with Crippen LogP contribution in [0, 0.1) is 6.92 Å². The highest BCUT2D eigenvalue weighted by atomic mass is 16.5. The fourth-order valence-electron chi connectivity index (χ4n) is 2.38. The van der Waals surface area contributed by atoms with Crippen molar-refractivity contribution in [3.63, 3.8) is 0 Å². The number of ether oxygens (including phenoxy) is 4. The molecular weight excluding hydrogens is 312 g/mol. The van der Waals surface area contributed by atoms with Crippen LogP contribution in [0.5, 0.6) is 23.0 Å². The van der Waals surface area contributed by atoms with Gasteiger partial charge in [-0.3, -0.25) is 0 Å². The lowest BCUT2D eigenvalue weighted by atomic mass is 10.1. The van der Waals surface area contributed by atoms with E-state index in [2.05, 4.69) is 0 Å². The minimum absolute atomic E-state index is 0.220. The van der Waals surface area contributed by atoms with E-state index in [1.54, 1.807) is 51.5 Å². The van der Waals surface area contributed by atoms with Crippen molar-refractivity contribution in [3.05, 3.63) is 47.0 Å². The monoisotopic (exact) mass is 332 g/mol. The van der Waals surface area contributed by atoms with Crippen LogP contribution in [0.4, 0.5) is 0 Å². The van der Waals surface area contributed by atoms with Crippen LogP contribution in [-0.4, -0.2) is 32.4 Å². The molecule has 0 fully saturated rings. The van der Waals surface area contributed by atoms with E-state index < -0.39 is 5.97 Å². The quantitative estimate of drug-likeness (QED) is 0.838. The molecule has 128 valence electrons. The number of hydrogen-bond acceptors (Lipinski definition) is 5. The Balaban J connectivity index is 2.27. The zero-order valence-corrected chi connectivity index (χ0v) is 14.1. The summed E-state index contributed by atoms with van der Waals surface area (Å²) in [4.78, 5) is 11.2. The molecule has 0 aromatic heterocycles. The van der Waals surface area contributed by atoms with Gasteiger partial charge in [0, 0.05) is 5.56 Å². The molecule has 0 saturated carbocycles. The molecule has 0 heterocycles. The lowest BCUT2D eigenvalue weighted by Crippen LogP contribution is -2.04. The highest BCUT2D eigenvalue weighted by molar-refractivity contribution is 5.90. The first-order valence-corrected chi connectivity index (χ1v) is 7.26. The van der Waals surface area contributed by atoms with Crippen molar-refractivity contribution in [1.29, 1.82) is 0 Å². The minimum atomic E-state index is -0.981. The Morgan fingerprint density at radius 1 is 1.00 bits per heavy atom. The third kappa shape index (κ3) is 3.53. The molecule has 24 heavy (non-hydrogen) atoms. The molecule has 0 atom stereocenters. The predicted octanol–water partition coefficient (Wildman–Crippen LogP) is 3.30. The highest BCUT2D eigenvalue weighted by Gasteiger charge is 2.15. The van der Waals surface area contributed by atoms with Crippen LogP contribution < -0.4 is 18.9 Å². The number of aromatic carboxylic acids is 1. The number of carbonyl (C=O) groups is 1. The van der Waals surface area contributed by atoms with Crippen LogP contribution in [-0.2, 0) is 6.61 Å². The molecule has 6 heteroatoms. The van der Waals surface area contributed by atoms with E-state index in [0.29, 0.717) is 28.6 Å². The molecule has 6 nitrogen and oxygen atoms in total. The van der Waals surface area contributed by atoms with Gasteiger partial charge in [0.15, 0.2) is 11.5 Å². The van der Waals surface area contributed by atoms with Crippen molar-refractivity contribution in [1.82, 2.24) is 0 Å². The summed E-state index contributed by atoms with van der Waals surface area (Å²) in [6.45, 7) is 1.95. The lowest BCUT2D eigenvalue weighted by molar-refractivity contribution is 0.0695. The van der Waals surface area contributed by atoms with Gasteiger partial charge >= 0.3 is 5.97 Å². The Morgan fingerprint density at radius 3 is 2.12 bits per heavy atom. The largest absolute Gasteiger partial charge is 0.493 e. The average molecular weight is 332 g/mol. The first-order chi connectivity index (χ1) is 11.5. The third-order valence-corrected chi connectivity index (χ3v) is 3.63. The molecule has 0 bridgehead atoms. The highest BCUT2D eigenvalue weighted by Crippen LogP contribution is 2.38. The number of carboxylic acid groups (broad SMARTS) is 1. The van der Waals surface area contributed by atoms with Gasteiger partial charge in [-0.25, -0.2) is 4.79 Å². The standard InChI is InChI=1S/C18H20O6/c1-11-13(18(19)20)6-5-7-14(11)24-10-12-8-15(21-2)17(23-4)16(9-12)22-3/h5-9H,10H2,1-4H3,(H,19,20). The van der Waals surface area contributed by atoms with E-state index >= 15 is 0 Å². The lowest BCUT2D eigenvalue weighted by Gasteiger charge is -2.15. The first-order valence-electron chi connectivity index (χ1n) is 7.26. The van der Waals surface area contributed by atoms with E-state index in [1.807, 2.05) is 0 Å². The van der Waals surface area contributed by atoms with Crippen LogP contribution in [0.2, 0.25) is 0 Å². The van der Waals surface area contributed by atoms with Gasteiger partial charge in [0.05, 0.1) is 26.9 Å². The van der Waals surface area contributed by atoms with Crippen molar-refractivity contribution in [3.8, 4) is 23.0 Å². The zero-order chi connectivity index (χ0) is 17.7. The molecule has 0 radical (unpaired) electrons. The summed E-state index contributed by atoms with van der Waals surface area (Å²) in [6, 6.07) is 8.51. The maximum atomic E-state index is 11.2. The van der Waals surface area contributed by atoms with Gasteiger partial charge in [-0.2, -0.15) is 0 Å². The van der Waals surface area contributed by atoms with Crippen molar-refractivity contribution < 1.29 is 28.8 Å². The maximum Gasteiger partial charge on any atom is 0.336 e. The Labute approximate surface area is 140 Å². The summed E-state index contributed by atoms with van der Waals surface area (Å²) in [6.07, 6.45) is 0. The molecule has 0 spiro atoms. The van der Waals surface area contributed by atoms with Gasteiger partial charge in [0.25, 0.3) is 0 Å². The summed E-state index contributed by atoms with van der Waals surface area (Å²) < 4.78 is 21.7. The normalized spacial score (nSPS) is 10.2. The maximum absolute atomic E-state index is 11.2. The van der Waals surface area contributed by atoms with E-state index in [9.17, 15) is 4.79 Å². The third-order valence-electron chi connectivity index (χ3n) is 3.63. The summed E-state index contributed by atoms with van der Waals surface area (Å²) in [5, 5.41) is 9.17. The molecule has 0 aliphatic rings. The number of methoxy groups -OCH3 is 3. The van der Waals surface area contributed by atoms with Gasteiger partial charge in [0.2, 0.25) is 5.75 Å². The fourth-order valence-corrected chi connectivity index (χ4v) is 2.38. The molecule has 0 aliphatic carbocycles. The number of rotatable bonds is 7. The number of benzene rings is 2. The fraction of sp³-hybridized carbons (Fsp3) is 0.278. The molecule has 1 N–H and O–H groups in total. The second kappa shape index (κ2) is 7.59. The van der Waals surface area contributed by atoms with E-state index in [0.717, 1.165) is 5.56 Å². The smallest absolute Gasteiger partial charge is 0.336 e. The minimum Gasteiger partial charge on any atom is -0.493 e. The van der Waals surface area contributed by atoms with Gasteiger partial charge < -0.3 is 24.1 Å². The summed E-state index contributed by atoms with van der Waals surface area (Å²) in [5.74, 6) is 1.11. The van der Waals surface area contributed by atoms with Gasteiger partial charge in [-0.05, 0) is 36.8 Å². The molecule has 0 aliphatic heterocycles. The SMILES string of the molecule is COc1cc(COc2cccc(C(=O)O)c2C)cc(OC)c1OC. The van der Waals surface area contributed by atoms with Gasteiger partial charge in [-0.1, -0.05) is 6.07 Å².